The Morgan fingerprint density at radius 1 is 0.704 bits per heavy atom. The molecule has 4 aromatic rings. The number of anilines is 2. The van der Waals surface area contributed by atoms with Crippen LogP contribution in [0.5, 0.6) is 0 Å². The highest BCUT2D eigenvalue weighted by Gasteiger charge is 2.07. The molecule has 0 radical (unpaired) electrons. The molecule has 0 saturated carbocycles. The van der Waals surface area contributed by atoms with Crippen LogP contribution in [0.4, 0.5) is 11.6 Å². The number of aromatic nitrogens is 2. The monoisotopic (exact) mass is 356 g/mol. The van der Waals surface area contributed by atoms with Gasteiger partial charge < -0.3 is 15.1 Å². The summed E-state index contributed by atoms with van der Waals surface area (Å²) < 4.78 is 5.38. The zero-order chi connectivity index (χ0) is 18.3. The Morgan fingerprint density at radius 3 is 2.04 bits per heavy atom. The SMILES string of the molecule is c1ccc(CNc2cc(NCc3ccco3)nc(-c3ccccc3)n2)cc1. The first-order chi connectivity index (χ1) is 13.4. The summed E-state index contributed by atoms with van der Waals surface area (Å²) >= 11 is 0. The molecule has 2 heterocycles. The summed E-state index contributed by atoms with van der Waals surface area (Å²) in [7, 11) is 0. The maximum absolute atomic E-state index is 5.38. The Hall–Kier alpha value is -3.60. The molecule has 0 aliphatic rings. The van der Waals surface area contributed by atoms with E-state index in [9.17, 15) is 0 Å². The first kappa shape index (κ1) is 16.8. The fraction of sp³-hybridized carbons (Fsp3) is 0.0909. The highest BCUT2D eigenvalue weighted by atomic mass is 16.3. The molecule has 2 aromatic heterocycles. The van der Waals surface area contributed by atoms with Gasteiger partial charge in [0, 0.05) is 18.2 Å². The standard InChI is InChI=1S/C22H20N4O/c1-3-8-17(9-4-1)15-23-20-14-21(24-16-19-12-7-13-27-19)26-22(25-20)18-10-5-2-6-11-18/h1-14H,15-16H2,(H2,23,24,25,26). The summed E-state index contributed by atoms with van der Waals surface area (Å²) in [5, 5.41) is 6.70. The molecule has 0 spiro atoms. The molecule has 134 valence electrons. The van der Waals surface area contributed by atoms with Crippen molar-refractivity contribution in [2.75, 3.05) is 10.6 Å². The van der Waals surface area contributed by atoms with Crippen molar-refractivity contribution < 1.29 is 4.42 Å². The number of hydrogen-bond donors (Lipinski definition) is 2. The van der Waals surface area contributed by atoms with Crippen molar-refractivity contribution in [3.05, 3.63) is 96.4 Å². The number of benzene rings is 2. The first-order valence-electron chi connectivity index (χ1n) is 8.85. The van der Waals surface area contributed by atoms with Crippen LogP contribution in [0.25, 0.3) is 11.4 Å². The van der Waals surface area contributed by atoms with E-state index in [0.717, 1.165) is 23.0 Å². The van der Waals surface area contributed by atoms with Crippen molar-refractivity contribution in [1.29, 1.82) is 0 Å². The summed E-state index contributed by atoms with van der Waals surface area (Å²) in [4.78, 5) is 9.33. The van der Waals surface area contributed by atoms with E-state index in [0.29, 0.717) is 18.9 Å². The van der Waals surface area contributed by atoms with Gasteiger partial charge in [0.1, 0.15) is 17.4 Å². The van der Waals surface area contributed by atoms with Crippen LogP contribution < -0.4 is 10.6 Å². The maximum Gasteiger partial charge on any atom is 0.163 e. The van der Waals surface area contributed by atoms with Crippen LogP contribution in [-0.2, 0) is 13.1 Å². The van der Waals surface area contributed by atoms with Crippen LogP contribution in [0, 0.1) is 0 Å². The van der Waals surface area contributed by atoms with E-state index in [2.05, 4.69) is 32.7 Å². The highest BCUT2D eigenvalue weighted by Crippen LogP contribution is 2.21. The Balaban J connectivity index is 1.57. The van der Waals surface area contributed by atoms with Gasteiger partial charge in [0.25, 0.3) is 0 Å². The summed E-state index contributed by atoms with van der Waals surface area (Å²) in [5.74, 6) is 3.05. The van der Waals surface area contributed by atoms with Gasteiger partial charge in [-0.2, -0.15) is 0 Å². The Morgan fingerprint density at radius 2 is 1.37 bits per heavy atom. The summed E-state index contributed by atoms with van der Waals surface area (Å²) in [6.45, 7) is 1.26. The minimum absolute atomic E-state index is 0.566. The summed E-state index contributed by atoms with van der Waals surface area (Å²) in [6, 6.07) is 25.9. The predicted octanol–water partition coefficient (Wildman–Crippen LogP) is 4.96. The smallest absolute Gasteiger partial charge is 0.163 e. The van der Waals surface area contributed by atoms with Crippen molar-refractivity contribution in [3.63, 3.8) is 0 Å². The van der Waals surface area contributed by atoms with Gasteiger partial charge in [-0.15, -0.1) is 0 Å². The molecule has 0 fully saturated rings. The summed E-state index contributed by atoms with van der Waals surface area (Å²) in [6.07, 6.45) is 1.67. The zero-order valence-corrected chi connectivity index (χ0v) is 14.8. The molecule has 5 heteroatoms. The van der Waals surface area contributed by atoms with Crippen molar-refractivity contribution in [2.45, 2.75) is 13.1 Å². The number of nitrogens with one attached hydrogen (secondary N) is 2. The molecule has 2 aromatic carbocycles. The fourth-order valence-electron chi connectivity index (χ4n) is 2.72. The van der Waals surface area contributed by atoms with Crippen molar-refractivity contribution in [3.8, 4) is 11.4 Å². The lowest BCUT2D eigenvalue weighted by Gasteiger charge is -2.11. The Labute approximate surface area is 158 Å². The van der Waals surface area contributed by atoms with Crippen molar-refractivity contribution in [2.24, 2.45) is 0 Å². The summed E-state index contributed by atoms with van der Waals surface area (Å²) in [5.41, 5.74) is 2.17. The van der Waals surface area contributed by atoms with E-state index in [1.165, 1.54) is 5.56 Å². The molecule has 0 bridgehead atoms. The van der Waals surface area contributed by atoms with Crippen molar-refractivity contribution in [1.82, 2.24) is 9.97 Å². The highest BCUT2D eigenvalue weighted by molar-refractivity contribution is 5.61. The Bertz CT molecular complexity index is 970. The molecule has 0 saturated heterocycles. The van der Waals surface area contributed by atoms with Crippen molar-refractivity contribution >= 4 is 11.6 Å². The third-order valence-electron chi connectivity index (χ3n) is 4.10. The molecular formula is C22H20N4O. The van der Waals surface area contributed by atoms with E-state index in [1.807, 2.05) is 66.7 Å². The van der Waals surface area contributed by atoms with Crippen LogP contribution in [0.15, 0.2) is 89.5 Å². The quantitative estimate of drug-likeness (QED) is 0.490. The third-order valence-corrected chi connectivity index (χ3v) is 4.10. The van der Waals surface area contributed by atoms with E-state index in [4.69, 9.17) is 4.42 Å². The molecule has 0 amide bonds. The minimum Gasteiger partial charge on any atom is -0.467 e. The van der Waals surface area contributed by atoms with Crippen LogP contribution in [0.3, 0.4) is 0 Å². The molecule has 0 unspecified atom stereocenters. The molecule has 2 N–H and O–H groups in total. The second kappa shape index (κ2) is 8.19. The van der Waals surface area contributed by atoms with Gasteiger partial charge in [-0.1, -0.05) is 60.7 Å². The molecule has 27 heavy (non-hydrogen) atoms. The predicted molar refractivity (Wildman–Crippen MR) is 107 cm³/mol. The van der Waals surface area contributed by atoms with Gasteiger partial charge in [-0.25, -0.2) is 9.97 Å². The topological polar surface area (TPSA) is 63.0 Å². The molecule has 0 aliphatic heterocycles. The van der Waals surface area contributed by atoms with Crippen LogP contribution >= 0.6 is 0 Å². The average Bonchev–Trinajstić information content (AvgIpc) is 3.26. The lowest BCUT2D eigenvalue weighted by atomic mass is 10.2. The van der Waals surface area contributed by atoms with Gasteiger partial charge >= 0.3 is 0 Å². The molecular weight excluding hydrogens is 336 g/mol. The van der Waals surface area contributed by atoms with E-state index >= 15 is 0 Å². The van der Waals surface area contributed by atoms with Crippen LogP contribution in [0.2, 0.25) is 0 Å². The number of rotatable bonds is 7. The molecule has 5 nitrogen and oxygen atoms in total. The van der Waals surface area contributed by atoms with E-state index in [1.54, 1.807) is 6.26 Å². The zero-order valence-electron chi connectivity index (χ0n) is 14.8. The largest absolute Gasteiger partial charge is 0.467 e. The average molecular weight is 356 g/mol. The van der Waals surface area contributed by atoms with E-state index < -0.39 is 0 Å². The second-order valence-corrected chi connectivity index (χ2v) is 6.10. The number of nitrogens with zero attached hydrogens (tertiary/aromatic N) is 2. The number of hydrogen-bond acceptors (Lipinski definition) is 5. The van der Waals surface area contributed by atoms with Crippen LogP contribution in [0.1, 0.15) is 11.3 Å². The van der Waals surface area contributed by atoms with Gasteiger partial charge in [0.2, 0.25) is 0 Å². The maximum atomic E-state index is 5.38. The van der Waals surface area contributed by atoms with E-state index in [-0.39, 0.29) is 0 Å². The lowest BCUT2D eigenvalue weighted by molar-refractivity contribution is 0.518. The molecule has 0 atom stereocenters. The first-order valence-corrected chi connectivity index (χ1v) is 8.85. The normalized spacial score (nSPS) is 10.5. The minimum atomic E-state index is 0.566. The Kier molecular flexibility index (Phi) is 5.11. The van der Waals surface area contributed by atoms with Gasteiger partial charge in [-0.05, 0) is 17.7 Å². The second-order valence-electron chi connectivity index (χ2n) is 6.10. The van der Waals surface area contributed by atoms with Gasteiger partial charge in [0.05, 0.1) is 12.8 Å². The van der Waals surface area contributed by atoms with Crippen LogP contribution in [-0.4, -0.2) is 9.97 Å². The van der Waals surface area contributed by atoms with Gasteiger partial charge in [-0.3, -0.25) is 0 Å². The fourth-order valence-corrected chi connectivity index (χ4v) is 2.72. The molecule has 0 aliphatic carbocycles. The lowest BCUT2D eigenvalue weighted by Crippen LogP contribution is -2.07. The number of furan rings is 1. The van der Waals surface area contributed by atoms with Gasteiger partial charge in [0.15, 0.2) is 5.82 Å². The molecule has 4 rings (SSSR count). The third kappa shape index (κ3) is 4.52.